The summed E-state index contributed by atoms with van der Waals surface area (Å²) in [6.07, 6.45) is -4.38. The van der Waals surface area contributed by atoms with E-state index < -0.39 is 17.7 Å². The van der Waals surface area contributed by atoms with Gasteiger partial charge in [-0.1, -0.05) is 17.4 Å². The van der Waals surface area contributed by atoms with Gasteiger partial charge in [0.05, 0.1) is 15.8 Å². The van der Waals surface area contributed by atoms with E-state index in [4.69, 9.17) is 9.84 Å². The summed E-state index contributed by atoms with van der Waals surface area (Å²) in [5.74, 6) is -0.490. The van der Waals surface area contributed by atoms with E-state index in [1.165, 1.54) is 23.5 Å². The molecule has 0 radical (unpaired) electrons. The Balaban J connectivity index is 1.48. The zero-order valence-corrected chi connectivity index (χ0v) is 19.9. The molecule has 34 heavy (non-hydrogen) atoms. The first-order valence-corrected chi connectivity index (χ1v) is 11.7. The molecule has 2 heterocycles. The molecule has 10 heteroatoms. The predicted molar refractivity (Wildman–Crippen MR) is 126 cm³/mol. The van der Waals surface area contributed by atoms with Crippen LogP contribution in [-0.4, -0.2) is 52.7 Å². The van der Waals surface area contributed by atoms with Crippen LogP contribution in [0, 0.1) is 6.92 Å². The van der Waals surface area contributed by atoms with Crippen LogP contribution >= 0.6 is 11.3 Å². The number of ether oxygens (including phenoxy) is 1. The largest absolute Gasteiger partial charge is 0.482 e. The van der Waals surface area contributed by atoms with Crippen molar-refractivity contribution in [1.29, 1.82) is 0 Å². The fourth-order valence-electron chi connectivity index (χ4n) is 4.54. The van der Waals surface area contributed by atoms with Gasteiger partial charge in [-0.05, 0) is 62.2 Å². The molecule has 0 bridgehead atoms. The highest BCUT2D eigenvalue weighted by molar-refractivity contribution is 7.22. The van der Waals surface area contributed by atoms with E-state index >= 15 is 0 Å². The summed E-state index contributed by atoms with van der Waals surface area (Å²) in [5.41, 5.74) is 1.94. The molecule has 1 aliphatic rings. The fourth-order valence-corrected chi connectivity index (χ4v) is 5.75. The van der Waals surface area contributed by atoms with Gasteiger partial charge in [-0.25, -0.2) is 9.78 Å². The van der Waals surface area contributed by atoms with Gasteiger partial charge in [-0.15, -0.1) is 0 Å². The Morgan fingerprint density at radius 2 is 1.88 bits per heavy atom. The Labute approximate surface area is 199 Å². The van der Waals surface area contributed by atoms with Gasteiger partial charge >= 0.3 is 12.1 Å². The molecule has 2 atom stereocenters. The van der Waals surface area contributed by atoms with Crippen molar-refractivity contribution in [2.24, 2.45) is 0 Å². The minimum Gasteiger partial charge on any atom is -0.482 e. The third-order valence-electron chi connectivity index (χ3n) is 5.80. The molecular formula is C24H26F3N3O3S. The summed E-state index contributed by atoms with van der Waals surface area (Å²) < 4.78 is 45.1. The molecular weight excluding hydrogens is 467 g/mol. The van der Waals surface area contributed by atoms with E-state index in [9.17, 15) is 18.0 Å². The molecule has 182 valence electrons. The third-order valence-corrected chi connectivity index (χ3v) is 6.83. The number of hydrogen-bond acceptors (Lipinski definition) is 6. The molecule has 4 rings (SSSR count). The van der Waals surface area contributed by atoms with Gasteiger partial charge in [-0.3, -0.25) is 4.90 Å². The fraction of sp³-hybridized carbons (Fsp3) is 0.417. The maximum absolute atomic E-state index is 13.1. The van der Waals surface area contributed by atoms with Crippen molar-refractivity contribution in [1.82, 2.24) is 9.88 Å². The summed E-state index contributed by atoms with van der Waals surface area (Å²) in [7, 11) is 0. The van der Waals surface area contributed by atoms with Crippen molar-refractivity contribution in [3.8, 4) is 5.75 Å². The number of carbonyl (C=O) groups is 1. The number of aryl methyl sites for hydroxylation is 1. The molecule has 0 unspecified atom stereocenters. The Morgan fingerprint density at radius 3 is 2.53 bits per heavy atom. The molecule has 2 aromatic carbocycles. The average molecular weight is 494 g/mol. The number of carboxylic acid groups (broad SMARTS) is 1. The van der Waals surface area contributed by atoms with Crippen LogP contribution in [0.25, 0.3) is 10.2 Å². The summed E-state index contributed by atoms with van der Waals surface area (Å²) >= 11 is 1.29. The molecule has 1 aliphatic heterocycles. The normalized spacial score (nSPS) is 19.5. The smallest absolute Gasteiger partial charge is 0.416 e. The van der Waals surface area contributed by atoms with Crippen molar-refractivity contribution in [3.05, 3.63) is 53.1 Å². The first-order valence-electron chi connectivity index (χ1n) is 10.9. The zero-order chi connectivity index (χ0) is 24.6. The van der Waals surface area contributed by atoms with E-state index in [1.54, 1.807) is 0 Å². The number of fused-ring (bicyclic) bond motifs is 1. The molecule has 0 saturated carbocycles. The topological polar surface area (TPSA) is 65.9 Å². The highest BCUT2D eigenvalue weighted by Crippen LogP contribution is 2.37. The van der Waals surface area contributed by atoms with Crippen LogP contribution in [0.15, 0.2) is 36.4 Å². The average Bonchev–Trinajstić information content (AvgIpc) is 3.13. The van der Waals surface area contributed by atoms with E-state index in [2.05, 4.69) is 34.7 Å². The summed E-state index contributed by atoms with van der Waals surface area (Å²) in [5, 5.41) is 9.59. The van der Waals surface area contributed by atoms with Gasteiger partial charge in [0, 0.05) is 31.7 Å². The van der Waals surface area contributed by atoms with Crippen LogP contribution in [0.3, 0.4) is 0 Å². The second-order valence-corrected chi connectivity index (χ2v) is 9.82. The Bertz CT molecular complexity index is 1190. The lowest BCUT2D eigenvalue weighted by Gasteiger charge is -2.44. The maximum Gasteiger partial charge on any atom is 0.416 e. The van der Waals surface area contributed by atoms with Gasteiger partial charge in [0.15, 0.2) is 11.7 Å². The molecule has 1 saturated heterocycles. The lowest BCUT2D eigenvalue weighted by Crippen LogP contribution is -2.56. The number of anilines is 1. The molecule has 6 nitrogen and oxygen atoms in total. The molecule has 0 amide bonds. The Kier molecular flexibility index (Phi) is 6.73. The molecule has 1 aromatic heterocycles. The lowest BCUT2D eigenvalue weighted by atomic mass is 10.1. The van der Waals surface area contributed by atoms with Crippen molar-refractivity contribution in [3.63, 3.8) is 0 Å². The molecule has 3 aromatic rings. The Hall–Kier alpha value is -2.85. The summed E-state index contributed by atoms with van der Waals surface area (Å²) in [4.78, 5) is 19.9. The number of halogens is 3. The lowest BCUT2D eigenvalue weighted by molar-refractivity contribution is -0.139. The van der Waals surface area contributed by atoms with Gasteiger partial charge in [-0.2, -0.15) is 13.2 Å². The second kappa shape index (κ2) is 9.42. The van der Waals surface area contributed by atoms with Gasteiger partial charge in [0.1, 0.15) is 5.75 Å². The maximum atomic E-state index is 13.1. The number of aromatic nitrogens is 1. The van der Waals surface area contributed by atoms with E-state index in [0.29, 0.717) is 22.5 Å². The Morgan fingerprint density at radius 1 is 1.18 bits per heavy atom. The van der Waals surface area contributed by atoms with Gasteiger partial charge in [0.25, 0.3) is 0 Å². The minimum absolute atomic E-state index is 0.110. The van der Waals surface area contributed by atoms with Crippen molar-refractivity contribution >= 4 is 32.7 Å². The summed E-state index contributed by atoms with van der Waals surface area (Å²) in [6, 6.07) is 9.64. The molecule has 1 fully saturated rings. The van der Waals surface area contributed by atoms with Crippen LogP contribution in [0.5, 0.6) is 5.75 Å². The first kappa shape index (κ1) is 24.3. The van der Waals surface area contributed by atoms with Crippen LogP contribution in [0.2, 0.25) is 0 Å². The van der Waals surface area contributed by atoms with Crippen molar-refractivity contribution < 1.29 is 27.8 Å². The van der Waals surface area contributed by atoms with E-state index in [-0.39, 0.29) is 18.7 Å². The number of hydrogen-bond donors (Lipinski definition) is 1. The predicted octanol–water partition coefficient (Wildman–Crippen LogP) is 5.19. The van der Waals surface area contributed by atoms with Crippen LogP contribution < -0.4 is 9.64 Å². The number of piperazine rings is 1. The van der Waals surface area contributed by atoms with Crippen LogP contribution in [0.4, 0.5) is 18.3 Å². The SMILES string of the molecule is Cc1cc(CN2C[C@@H](C)N(c3nc4ccc(C(F)(F)F)cc4s3)[C@@H](C)C2)cc(OCC(=O)O)c1. The number of aliphatic carboxylic acids is 1. The minimum atomic E-state index is -4.38. The van der Waals surface area contributed by atoms with Crippen LogP contribution in [0.1, 0.15) is 30.5 Å². The quantitative estimate of drug-likeness (QED) is 0.510. The summed E-state index contributed by atoms with van der Waals surface area (Å²) in [6.45, 7) is 7.93. The number of alkyl halides is 3. The van der Waals surface area contributed by atoms with Crippen LogP contribution in [-0.2, 0) is 17.5 Å². The highest BCUT2D eigenvalue weighted by Gasteiger charge is 2.33. The van der Waals surface area contributed by atoms with E-state index in [0.717, 1.165) is 35.4 Å². The zero-order valence-electron chi connectivity index (χ0n) is 19.1. The van der Waals surface area contributed by atoms with Gasteiger partial charge in [0.2, 0.25) is 0 Å². The van der Waals surface area contributed by atoms with E-state index in [1.807, 2.05) is 19.1 Å². The third kappa shape index (κ3) is 5.44. The highest BCUT2D eigenvalue weighted by atomic mass is 32.1. The van der Waals surface area contributed by atoms with Crippen molar-refractivity contribution in [2.45, 2.75) is 45.6 Å². The number of carboxylic acids is 1. The molecule has 0 spiro atoms. The molecule has 0 aliphatic carbocycles. The monoisotopic (exact) mass is 493 g/mol. The number of nitrogens with zero attached hydrogens (tertiary/aromatic N) is 3. The number of rotatable bonds is 6. The van der Waals surface area contributed by atoms with Crippen molar-refractivity contribution in [2.75, 3.05) is 24.6 Å². The number of benzene rings is 2. The number of thiazole rings is 1. The first-order chi connectivity index (χ1) is 16.0. The molecule has 1 N–H and O–H groups in total. The van der Waals surface area contributed by atoms with Gasteiger partial charge < -0.3 is 14.7 Å². The standard InChI is InChI=1S/C24H26F3N3O3S/c1-14-6-17(8-19(7-14)33-13-22(31)32)12-29-10-15(2)30(16(3)11-29)23-28-20-5-4-18(24(25,26)27)9-21(20)34-23/h4-9,15-16H,10-13H2,1-3H3,(H,31,32)/t15-,16+. The second-order valence-electron chi connectivity index (χ2n) is 8.81.